The highest BCUT2D eigenvalue weighted by Gasteiger charge is 2.19. The van der Waals surface area contributed by atoms with Crippen molar-refractivity contribution in [3.8, 4) is 17.1 Å². The lowest BCUT2D eigenvalue weighted by atomic mass is 10.2. The van der Waals surface area contributed by atoms with Crippen LogP contribution in [0.1, 0.15) is 5.56 Å². The van der Waals surface area contributed by atoms with Gasteiger partial charge in [-0.2, -0.15) is 0 Å². The zero-order valence-corrected chi connectivity index (χ0v) is 19.6. The quantitative estimate of drug-likeness (QED) is 0.375. The predicted molar refractivity (Wildman–Crippen MR) is 129 cm³/mol. The van der Waals surface area contributed by atoms with Gasteiger partial charge in [-0.15, -0.1) is 10.2 Å². The summed E-state index contributed by atoms with van der Waals surface area (Å²) >= 11 is 1.14. The minimum Gasteiger partial charge on any atom is -0.325 e. The summed E-state index contributed by atoms with van der Waals surface area (Å²) in [6.07, 6.45) is 0. The summed E-state index contributed by atoms with van der Waals surface area (Å²) in [6, 6.07) is 19.4. The van der Waals surface area contributed by atoms with Crippen molar-refractivity contribution in [2.45, 2.75) is 17.0 Å². The molecule has 1 heterocycles. The second-order valence-corrected chi connectivity index (χ2v) is 9.87. The van der Waals surface area contributed by atoms with E-state index in [2.05, 4.69) is 15.5 Å². The molecule has 8 nitrogen and oxygen atoms in total. The van der Waals surface area contributed by atoms with Crippen LogP contribution >= 0.6 is 11.8 Å². The molecule has 0 aliphatic rings. The van der Waals surface area contributed by atoms with Crippen LogP contribution in [-0.4, -0.2) is 34.8 Å². The molecule has 0 radical (unpaired) electrons. The van der Waals surface area contributed by atoms with Crippen molar-refractivity contribution in [1.29, 1.82) is 0 Å². The van der Waals surface area contributed by atoms with Gasteiger partial charge < -0.3 is 5.32 Å². The largest absolute Gasteiger partial charge is 0.325 e. The third-order valence-electron chi connectivity index (χ3n) is 4.84. The van der Waals surface area contributed by atoms with Crippen LogP contribution in [0.4, 0.5) is 10.1 Å². The first-order chi connectivity index (χ1) is 16.2. The number of nitrogens with one attached hydrogen (secondary N) is 1. The number of aryl methyl sites for hydroxylation is 1. The maximum absolute atomic E-state index is 14.5. The standard InChI is InChI=1S/C23H20FN5O3S2/c1-15-6-10-17(11-7-15)29-22(19-4-2-3-5-20(19)24)27-28-23(29)33-14-21(30)26-16-8-12-18(13-9-16)34(25,31)32/h2-13H,14H2,1H3,(H,26,30)(H2,25,31,32). The van der Waals surface area contributed by atoms with Gasteiger partial charge in [0.2, 0.25) is 15.9 Å². The number of aromatic nitrogens is 3. The highest BCUT2D eigenvalue weighted by atomic mass is 32.2. The van der Waals surface area contributed by atoms with Crippen molar-refractivity contribution in [3.05, 3.63) is 84.2 Å². The van der Waals surface area contributed by atoms with Crippen molar-refractivity contribution >= 4 is 33.4 Å². The zero-order valence-electron chi connectivity index (χ0n) is 18.0. The van der Waals surface area contributed by atoms with E-state index in [1.54, 1.807) is 22.8 Å². The Morgan fingerprint density at radius 1 is 1.03 bits per heavy atom. The van der Waals surface area contributed by atoms with E-state index in [9.17, 15) is 17.6 Å². The number of carbonyl (C=O) groups is 1. The molecule has 1 amide bonds. The van der Waals surface area contributed by atoms with Gasteiger partial charge in [-0.25, -0.2) is 17.9 Å². The lowest BCUT2D eigenvalue weighted by molar-refractivity contribution is -0.113. The van der Waals surface area contributed by atoms with Crippen LogP contribution in [-0.2, 0) is 14.8 Å². The number of benzene rings is 3. The Kier molecular flexibility index (Phi) is 6.77. The number of halogens is 1. The number of anilines is 1. The minimum atomic E-state index is -3.81. The SMILES string of the molecule is Cc1ccc(-n2c(SCC(=O)Nc3ccc(S(N)(=O)=O)cc3)nnc2-c2ccccc2F)cc1. The number of carbonyl (C=O) groups excluding carboxylic acids is 1. The van der Waals surface area contributed by atoms with Crippen molar-refractivity contribution in [2.75, 3.05) is 11.1 Å². The smallest absolute Gasteiger partial charge is 0.238 e. The average molecular weight is 498 g/mol. The molecule has 0 spiro atoms. The fourth-order valence-electron chi connectivity index (χ4n) is 3.16. The van der Waals surface area contributed by atoms with Crippen molar-refractivity contribution in [1.82, 2.24) is 14.8 Å². The summed E-state index contributed by atoms with van der Waals surface area (Å²) in [5.41, 5.74) is 2.51. The highest BCUT2D eigenvalue weighted by molar-refractivity contribution is 7.99. The third-order valence-corrected chi connectivity index (χ3v) is 6.70. The first-order valence-corrected chi connectivity index (χ1v) is 12.6. The molecule has 11 heteroatoms. The number of nitrogens with two attached hydrogens (primary N) is 1. The zero-order chi connectivity index (χ0) is 24.3. The molecule has 4 aromatic rings. The molecule has 3 aromatic carbocycles. The van der Waals surface area contributed by atoms with Crippen LogP contribution in [0.2, 0.25) is 0 Å². The van der Waals surface area contributed by atoms with Gasteiger partial charge in [0.25, 0.3) is 0 Å². The molecule has 0 bridgehead atoms. The normalized spacial score (nSPS) is 11.4. The van der Waals surface area contributed by atoms with Gasteiger partial charge in [0, 0.05) is 11.4 Å². The van der Waals surface area contributed by atoms with Gasteiger partial charge in [-0.1, -0.05) is 41.6 Å². The highest BCUT2D eigenvalue weighted by Crippen LogP contribution is 2.29. The van der Waals surface area contributed by atoms with E-state index in [1.165, 1.54) is 30.3 Å². The molecule has 0 fully saturated rings. The van der Waals surface area contributed by atoms with E-state index in [0.29, 0.717) is 22.2 Å². The van der Waals surface area contributed by atoms with Gasteiger partial charge in [-0.3, -0.25) is 9.36 Å². The Hall–Kier alpha value is -3.54. The number of hydrogen-bond donors (Lipinski definition) is 2. The maximum atomic E-state index is 14.5. The molecular weight excluding hydrogens is 477 g/mol. The number of amides is 1. The number of nitrogens with zero attached hydrogens (tertiary/aromatic N) is 3. The number of rotatable bonds is 7. The monoisotopic (exact) mass is 497 g/mol. The van der Waals surface area contributed by atoms with E-state index in [1.807, 2.05) is 31.2 Å². The summed E-state index contributed by atoms with van der Waals surface area (Å²) in [5, 5.41) is 16.6. The Labute approximate surface area is 200 Å². The summed E-state index contributed by atoms with van der Waals surface area (Å²) in [6.45, 7) is 1.96. The van der Waals surface area contributed by atoms with E-state index in [-0.39, 0.29) is 16.6 Å². The van der Waals surface area contributed by atoms with Crippen LogP contribution in [0.15, 0.2) is 82.8 Å². The Morgan fingerprint density at radius 3 is 2.35 bits per heavy atom. The van der Waals surface area contributed by atoms with E-state index >= 15 is 0 Å². The van der Waals surface area contributed by atoms with E-state index in [4.69, 9.17) is 5.14 Å². The molecule has 34 heavy (non-hydrogen) atoms. The van der Waals surface area contributed by atoms with Crippen LogP contribution in [0.5, 0.6) is 0 Å². The Morgan fingerprint density at radius 2 is 1.71 bits per heavy atom. The van der Waals surface area contributed by atoms with E-state index < -0.39 is 15.8 Å². The van der Waals surface area contributed by atoms with Gasteiger partial charge in [0.15, 0.2) is 11.0 Å². The molecule has 0 unspecified atom stereocenters. The van der Waals surface area contributed by atoms with Crippen LogP contribution in [0, 0.1) is 12.7 Å². The maximum Gasteiger partial charge on any atom is 0.238 e. The summed E-state index contributed by atoms with van der Waals surface area (Å²) in [7, 11) is -3.81. The van der Waals surface area contributed by atoms with Gasteiger partial charge in [-0.05, 0) is 55.5 Å². The third kappa shape index (κ3) is 5.33. The fraction of sp³-hybridized carbons (Fsp3) is 0.0870. The van der Waals surface area contributed by atoms with E-state index in [0.717, 1.165) is 23.0 Å². The van der Waals surface area contributed by atoms with Crippen molar-refractivity contribution in [2.24, 2.45) is 5.14 Å². The molecule has 0 saturated heterocycles. The van der Waals surface area contributed by atoms with Gasteiger partial charge >= 0.3 is 0 Å². The number of thioether (sulfide) groups is 1. The molecule has 174 valence electrons. The predicted octanol–water partition coefficient (Wildman–Crippen LogP) is 3.76. The molecular formula is C23H20FN5O3S2. The second kappa shape index (κ2) is 9.75. The molecule has 3 N–H and O–H groups in total. The summed E-state index contributed by atoms with van der Waals surface area (Å²) in [4.78, 5) is 12.4. The molecule has 0 aliphatic heterocycles. The summed E-state index contributed by atoms with van der Waals surface area (Å²) < 4.78 is 38.9. The van der Waals surface area contributed by atoms with Crippen molar-refractivity contribution in [3.63, 3.8) is 0 Å². The fourth-order valence-corrected chi connectivity index (χ4v) is 4.43. The Balaban J connectivity index is 1.56. The molecule has 0 saturated carbocycles. The van der Waals surface area contributed by atoms with Crippen LogP contribution in [0.25, 0.3) is 17.1 Å². The molecule has 0 atom stereocenters. The van der Waals surface area contributed by atoms with Gasteiger partial charge in [0.05, 0.1) is 16.2 Å². The minimum absolute atomic E-state index is 0.00178. The first-order valence-electron chi connectivity index (χ1n) is 10.1. The number of sulfonamides is 1. The number of hydrogen-bond acceptors (Lipinski definition) is 6. The molecule has 4 rings (SSSR count). The van der Waals surface area contributed by atoms with Crippen LogP contribution in [0.3, 0.4) is 0 Å². The summed E-state index contributed by atoms with van der Waals surface area (Å²) in [5.74, 6) is -0.443. The lowest BCUT2D eigenvalue weighted by Crippen LogP contribution is -2.15. The average Bonchev–Trinajstić information content (AvgIpc) is 3.22. The molecule has 1 aromatic heterocycles. The topological polar surface area (TPSA) is 120 Å². The lowest BCUT2D eigenvalue weighted by Gasteiger charge is -2.11. The van der Waals surface area contributed by atoms with Gasteiger partial charge in [0.1, 0.15) is 5.82 Å². The molecule has 0 aliphatic carbocycles. The Bertz CT molecular complexity index is 1440. The first kappa shape index (κ1) is 23.6. The second-order valence-electron chi connectivity index (χ2n) is 7.36. The number of primary sulfonamides is 1. The van der Waals surface area contributed by atoms with Crippen LogP contribution < -0.4 is 10.5 Å². The van der Waals surface area contributed by atoms with Crippen molar-refractivity contribution < 1.29 is 17.6 Å².